The molecule has 1 aromatic carbocycles. The van der Waals surface area contributed by atoms with E-state index in [0.29, 0.717) is 12.2 Å². The van der Waals surface area contributed by atoms with Gasteiger partial charge in [-0.05, 0) is 24.3 Å². The maximum absolute atomic E-state index is 13.4. The maximum Gasteiger partial charge on any atom is 0.324 e. The topological polar surface area (TPSA) is 55.2 Å². The molecule has 0 atom stereocenters. The molecule has 2 aromatic rings. The Bertz CT molecular complexity index is 588. The second-order valence-electron chi connectivity index (χ2n) is 3.47. The first kappa shape index (κ1) is 13.0. The van der Waals surface area contributed by atoms with Gasteiger partial charge in [0.05, 0.1) is 10.6 Å². The molecule has 0 fully saturated rings. The molecule has 2 rings (SSSR count). The summed E-state index contributed by atoms with van der Waals surface area (Å²) in [6.07, 6.45) is 0. The van der Waals surface area contributed by atoms with Crippen LogP contribution in [0.5, 0.6) is 0 Å². The molecule has 0 unspecified atom stereocenters. The van der Waals surface area contributed by atoms with Crippen molar-refractivity contribution in [2.75, 3.05) is 5.32 Å². The first-order chi connectivity index (χ1) is 8.56. The molecule has 94 valence electrons. The van der Waals surface area contributed by atoms with Gasteiger partial charge in [-0.2, -0.15) is 0 Å². The van der Waals surface area contributed by atoms with Crippen LogP contribution in [0, 0.1) is 15.9 Å². The zero-order chi connectivity index (χ0) is 13.1. The van der Waals surface area contributed by atoms with Gasteiger partial charge in [0.25, 0.3) is 0 Å². The van der Waals surface area contributed by atoms with Gasteiger partial charge in [-0.15, -0.1) is 0 Å². The lowest BCUT2D eigenvalue weighted by Crippen LogP contribution is -1.99. The SMILES string of the molecule is O=[N+]([O-])c1ccc(CNc2cc(Br)ccc2F)s1. The molecule has 1 N–H and O–H groups in total. The van der Waals surface area contributed by atoms with E-state index in [-0.39, 0.29) is 10.8 Å². The zero-order valence-corrected chi connectivity index (χ0v) is 11.4. The fourth-order valence-electron chi connectivity index (χ4n) is 1.38. The molecule has 4 nitrogen and oxygen atoms in total. The number of hydrogen-bond donors (Lipinski definition) is 1. The number of rotatable bonds is 4. The average Bonchev–Trinajstić information content (AvgIpc) is 2.79. The number of nitrogens with zero attached hydrogens (tertiary/aromatic N) is 1. The third-order valence-electron chi connectivity index (χ3n) is 2.21. The Morgan fingerprint density at radius 2 is 2.17 bits per heavy atom. The summed E-state index contributed by atoms with van der Waals surface area (Å²) in [5, 5.41) is 13.5. The highest BCUT2D eigenvalue weighted by atomic mass is 79.9. The summed E-state index contributed by atoms with van der Waals surface area (Å²) < 4.78 is 14.2. The minimum Gasteiger partial charge on any atom is -0.378 e. The normalized spacial score (nSPS) is 10.3. The maximum atomic E-state index is 13.4. The van der Waals surface area contributed by atoms with Crippen LogP contribution in [-0.4, -0.2) is 4.92 Å². The molecule has 1 heterocycles. The smallest absolute Gasteiger partial charge is 0.324 e. The lowest BCUT2D eigenvalue weighted by atomic mass is 10.3. The third kappa shape index (κ3) is 3.05. The largest absolute Gasteiger partial charge is 0.378 e. The summed E-state index contributed by atoms with van der Waals surface area (Å²) in [5.41, 5.74) is 0.362. The van der Waals surface area contributed by atoms with Gasteiger partial charge >= 0.3 is 5.00 Å². The van der Waals surface area contributed by atoms with Crippen LogP contribution in [0.3, 0.4) is 0 Å². The Labute approximate surface area is 115 Å². The summed E-state index contributed by atoms with van der Waals surface area (Å²) in [4.78, 5) is 10.9. The highest BCUT2D eigenvalue weighted by Gasteiger charge is 2.10. The summed E-state index contributed by atoms with van der Waals surface area (Å²) in [5.74, 6) is -0.357. The third-order valence-corrected chi connectivity index (χ3v) is 3.74. The molecule has 0 radical (unpaired) electrons. The standard InChI is InChI=1S/C11H8BrFN2O2S/c12-7-1-3-9(13)10(5-7)14-6-8-2-4-11(18-8)15(16)17/h1-5,14H,6H2. The number of nitrogens with one attached hydrogen (secondary N) is 1. The molecule has 1 aromatic heterocycles. The van der Waals surface area contributed by atoms with Gasteiger partial charge in [0, 0.05) is 22.0 Å². The minimum atomic E-state index is -0.437. The van der Waals surface area contributed by atoms with Crippen molar-refractivity contribution in [3.63, 3.8) is 0 Å². The second-order valence-corrected chi connectivity index (χ2v) is 5.54. The summed E-state index contributed by atoms with van der Waals surface area (Å²) in [7, 11) is 0. The highest BCUT2D eigenvalue weighted by Crippen LogP contribution is 2.26. The van der Waals surface area contributed by atoms with Crippen molar-refractivity contribution in [1.82, 2.24) is 0 Å². The van der Waals surface area contributed by atoms with Crippen LogP contribution >= 0.6 is 27.3 Å². The van der Waals surface area contributed by atoms with Gasteiger partial charge in [-0.25, -0.2) is 4.39 Å². The minimum absolute atomic E-state index is 0.0847. The van der Waals surface area contributed by atoms with E-state index in [9.17, 15) is 14.5 Å². The number of anilines is 1. The van der Waals surface area contributed by atoms with Crippen LogP contribution in [0.15, 0.2) is 34.8 Å². The molecular weight excluding hydrogens is 323 g/mol. The van der Waals surface area contributed by atoms with E-state index in [1.54, 1.807) is 18.2 Å². The van der Waals surface area contributed by atoms with Crippen molar-refractivity contribution in [2.24, 2.45) is 0 Å². The fraction of sp³-hybridized carbons (Fsp3) is 0.0909. The van der Waals surface area contributed by atoms with Crippen LogP contribution < -0.4 is 5.32 Å². The summed E-state index contributed by atoms with van der Waals surface area (Å²) in [6.45, 7) is 0.353. The second kappa shape index (κ2) is 5.45. The number of hydrogen-bond acceptors (Lipinski definition) is 4. The van der Waals surface area contributed by atoms with Gasteiger partial charge in [0.1, 0.15) is 5.82 Å². The molecule has 0 saturated carbocycles. The zero-order valence-electron chi connectivity index (χ0n) is 9.02. The van der Waals surface area contributed by atoms with Gasteiger partial charge in [-0.1, -0.05) is 27.3 Å². The van der Waals surface area contributed by atoms with Gasteiger partial charge in [-0.3, -0.25) is 10.1 Å². The van der Waals surface area contributed by atoms with Crippen molar-refractivity contribution in [3.8, 4) is 0 Å². The molecule has 7 heteroatoms. The van der Waals surface area contributed by atoms with Crippen molar-refractivity contribution in [2.45, 2.75) is 6.54 Å². The Hall–Kier alpha value is -1.47. The predicted molar refractivity (Wildman–Crippen MR) is 72.4 cm³/mol. The van der Waals surface area contributed by atoms with Crippen molar-refractivity contribution < 1.29 is 9.31 Å². The van der Waals surface area contributed by atoms with Crippen molar-refractivity contribution >= 4 is 38.0 Å². The monoisotopic (exact) mass is 330 g/mol. The lowest BCUT2D eigenvalue weighted by molar-refractivity contribution is -0.380. The van der Waals surface area contributed by atoms with Crippen LogP contribution in [0.4, 0.5) is 15.1 Å². The molecule has 0 aliphatic heterocycles. The van der Waals surface area contributed by atoms with Crippen LogP contribution in [-0.2, 0) is 6.54 Å². The Balaban J connectivity index is 2.06. The predicted octanol–water partition coefficient (Wildman–Crippen LogP) is 4.17. The van der Waals surface area contributed by atoms with E-state index in [2.05, 4.69) is 21.2 Å². The van der Waals surface area contributed by atoms with Crippen LogP contribution in [0.2, 0.25) is 0 Å². The number of benzene rings is 1. The van der Waals surface area contributed by atoms with Gasteiger partial charge in [0.15, 0.2) is 0 Å². The number of nitro groups is 1. The van der Waals surface area contributed by atoms with Crippen molar-refractivity contribution in [1.29, 1.82) is 0 Å². The summed E-state index contributed by atoms with van der Waals surface area (Å²) >= 11 is 4.33. The molecule has 0 aliphatic carbocycles. The molecule has 0 saturated heterocycles. The lowest BCUT2D eigenvalue weighted by Gasteiger charge is -2.06. The fourth-order valence-corrected chi connectivity index (χ4v) is 2.50. The first-order valence-electron chi connectivity index (χ1n) is 4.98. The van der Waals surface area contributed by atoms with Gasteiger partial charge in [0.2, 0.25) is 0 Å². The summed E-state index contributed by atoms with van der Waals surface area (Å²) in [6, 6.07) is 7.68. The van der Waals surface area contributed by atoms with E-state index in [0.717, 1.165) is 20.7 Å². The van der Waals surface area contributed by atoms with E-state index in [4.69, 9.17) is 0 Å². The average molecular weight is 331 g/mol. The van der Waals surface area contributed by atoms with Crippen LogP contribution in [0.1, 0.15) is 4.88 Å². The van der Waals surface area contributed by atoms with E-state index < -0.39 is 4.92 Å². The van der Waals surface area contributed by atoms with E-state index in [1.807, 2.05) is 0 Å². The Morgan fingerprint density at radius 3 is 2.83 bits per heavy atom. The molecular formula is C11H8BrFN2O2S. The molecule has 18 heavy (non-hydrogen) atoms. The quantitative estimate of drug-likeness (QED) is 0.676. The first-order valence-corrected chi connectivity index (χ1v) is 6.59. The van der Waals surface area contributed by atoms with Gasteiger partial charge < -0.3 is 5.32 Å². The van der Waals surface area contributed by atoms with Crippen LogP contribution in [0.25, 0.3) is 0 Å². The van der Waals surface area contributed by atoms with E-state index in [1.165, 1.54) is 12.1 Å². The number of thiophene rings is 1. The van der Waals surface area contributed by atoms with E-state index >= 15 is 0 Å². The highest BCUT2D eigenvalue weighted by molar-refractivity contribution is 9.10. The molecule has 0 aliphatic rings. The molecule has 0 bridgehead atoms. The van der Waals surface area contributed by atoms with Crippen molar-refractivity contribution in [3.05, 3.63) is 55.6 Å². The number of halogens is 2. The molecule has 0 amide bonds. The Morgan fingerprint density at radius 1 is 1.39 bits per heavy atom. The molecule has 0 spiro atoms. The Kier molecular flexibility index (Phi) is 3.93.